The first-order valence-corrected chi connectivity index (χ1v) is 8.74. The summed E-state index contributed by atoms with van der Waals surface area (Å²) in [5.41, 5.74) is 4.17. The van der Waals surface area contributed by atoms with Crippen molar-refractivity contribution in [2.45, 2.75) is 13.8 Å². The molecule has 2 amide bonds. The van der Waals surface area contributed by atoms with Gasteiger partial charge in [-0.15, -0.1) is 0 Å². The number of hydrogen-bond donors (Lipinski definition) is 2. The van der Waals surface area contributed by atoms with Gasteiger partial charge < -0.3 is 10.2 Å². The molecule has 0 aliphatic rings. The molecule has 0 aliphatic heterocycles. The highest BCUT2D eigenvalue weighted by molar-refractivity contribution is 5.96. The molecule has 7 heteroatoms. The monoisotopic (exact) mass is 370 g/mol. The van der Waals surface area contributed by atoms with Crippen molar-refractivity contribution in [2.24, 2.45) is 5.10 Å². The van der Waals surface area contributed by atoms with E-state index in [1.807, 2.05) is 24.3 Å². The molecule has 0 radical (unpaired) electrons. The summed E-state index contributed by atoms with van der Waals surface area (Å²) in [7, 11) is 0. The Labute approximate surface area is 158 Å². The summed E-state index contributed by atoms with van der Waals surface area (Å²) in [4.78, 5) is 25.8. The Balaban J connectivity index is 1.81. The zero-order chi connectivity index (χ0) is 19.6. The second-order valence-electron chi connectivity index (χ2n) is 5.72. The zero-order valence-electron chi connectivity index (χ0n) is 15.4. The third-order valence-corrected chi connectivity index (χ3v) is 3.95. The Kier molecular flexibility index (Phi) is 7.49. The summed E-state index contributed by atoms with van der Waals surface area (Å²) in [6.45, 7) is 5.75. The maximum absolute atomic E-state index is 13.5. The Hall–Kier alpha value is -3.22. The maximum atomic E-state index is 13.5. The molecule has 0 aromatic heterocycles. The number of halogens is 1. The van der Waals surface area contributed by atoms with E-state index in [9.17, 15) is 14.0 Å². The number of nitrogens with one attached hydrogen (secondary N) is 2. The topological polar surface area (TPSA) is 73.8 Å². The fourth-order valence-corrected chi connectivity index (χ4v) is 2.48. The summed E-state index contributed by atoms with van der Waals surface area (Å²) in [6, 6.07) is 13.4. The average molecular weight is 370 g/mol. The molecule has 0 bridgehead atoms. The number of rotatable bonds is 8. The van der Waals surface area contributed by atoms with E-state index in [1.54, 1.807) is 6.07 Å². The SMILES string of the molecule is CCN(CC)c1ccc(/C=N/NC(=O)CNC(=O)c2ccccc2F)cc1. The fraction of sp³-hybridized carbons (Fsp3) is 0.250. The molecule has 0 aliphatic carbocycles. The lowest BCUT2D eigenvalue weighted by Crippen LogP contribution is -2.35. The molecule has 0 fully saturated rings. The first-order valence-electron chi connectivity index (χ1n) is 8.74. The average Bonchev–Trinajstić information content (AvgIpc) is 2.68. The van der Waals surface area contributed by atoms with Crippen molar-refractivity contribution in [3.63, 3.8) is 0 Å². The van der Waals surface area contributed by atoms with Gasteiger partial charge in [0.05, 0.1) is 18.3 Å². The summed E-state index contributed by atoms with van der Waals surface area (Å²) in [5, 5.41) is 6.21. The Morgan fingerprint density at radius 2 is 1.74 bits per heavy atom. The summed E-state index contributed by atoms with van der Waals surface area (Å²) in [6.07, 6.45) is 1.52. The van der Waals surface area contributed by atoms with Gasteiger partial charge in [-0.25, -0.2) is 9.82 Å². The van der Waals surface area contributed by atoms with Crippen molar-refractivity contribution < 1.29 is 14.0 Å². The van der Waals surface area contributed by atoms with Gasteiger partial charge in [0, 0.05) is 18.8 Å². The predicted octanol–water partition coefficient (Wildman–Crippen LogP) is 2.55. The van der Waals surface area contributed by atoms with Crippen LogP contribution in [-0.4, -0.2) is 37.7 Å². The van der Waals surface area contributed by atoms with Crippen LogP contribution in [0.25, 0.3) is 0 Å². The van der Waals surface area contributed by atoms with Crippen LogP contribution < -0.4 is 15.6 Å². The lowest BCUT2D eigenvalue weighted by Gasteiger charge is -2.20. The van der Waals surface area contributed by atoms with E-state index in [1.165, 1.54) is 24.4 Å². The Morgan fingerprint density at radius 3 is 2.37 bits per heavy atom. The first-order chi connectivity index (χ1) is 13.0. The van der Waals surface area contributed by atoms with Crippen molar-refractivity contribution in [1.82, 2.24) is 10.7 Å². The molecule has 0 atom stereocenters. The molecule has 0 unspecified atom stereocenters. The summed E-state index contributed by atoms with van der Waals surface area (Å²) >= 11 is 0. The molecule has 2 N–H and O–H groups in total. The third-order valence-electron chi connectivity index (χ3n) is 3.95. The van der Waals surface area contributed by atoms with E-state index in [4.69, 9.17) is 0 Å². The molecule has 2 rings (SSSR count). The van der Waals surface area contributed by atoms with Gasteiger partial charge >= 0.3 is 0 Å². The van der Waals surface area contributed by atoms with Crippen molar-refractivity contribution >= 4 is 23.7 Å². The lowest BCUT2D eigenvalue weighted by molar-refractivity contribution is -0.120. The van der Waals surface area contributed by atoms with Crippen molar-refractivity contribution in [1.29, 1.82) is 0 Å². The van der Waals surface area contributed by atoms with Gasteiger partial charge in [-0.1, -0.05) is 24.3 Å². The van der Waals surface area contributed by atoms with Gasteiger partial charge in [0.15, 0.2) is 0 Å². The highest BCUT2D eigenvalue weighted by atomic mass is 19.1. The Morgan fingerprint density at radius 1 is 1.07 bits per heavy atom. The van der Waals surface area contributed by atoms with Crippen LogP contribution in [0.2, 0.25) is 0 Å². The van der Waals surface area contributed by atoms with E-state index in [0.29, 0.717) is 0 Å². The van der Waals surface area contributed by atoms with Crippen LogP contribution in [0.5, 0.6) is 0 Å². The van der Waals surface area contributed by atoms with Crippen LogP contribution in [-0.2, 0) is 4.79 Å². The lowest BCUT2D eigenvalue weighted by atomic mass is 10.2. The second-order valence-corrected chi connectivity index (χ2v) is 5.72. The minimum absolute atomic E-state index is 0.109. The normalized spacial score (nSPS) is 10.6. The maximum Gasteiger partial charge on any atom is 0.259 e. The third kappa shape index (κ3) is 5.91. The highest BCUT2D eigenvalue weighted by Gasteiger charge is 2.11. The predicted molar refractivity (Wildman–Crippen MR) is 104 cm³/mol. The van der Waals surface area contributed by atoms with Crippen molar-refractivity contribution in [3.8, 4) is 0 Å². The molecule has 142 valence electrons. The molecule has 2 aromatic rings. The van der Waals surface area contributed by atoms with E-state index in [-0.39, 0.29) is 12.1 Å². The number of nitrogens with zero attached hydrogens (tertiary/aromatic N) is 2. The number of carbonyl (C=O) groups excluding carboxylic acids is 2. The molecular weight excluding hydrogens is 347 g/mol. The van der Waals surface area contributed by atoms with E-state index in [2.05, 4.69) is 34.6 Å². The minimum atomic E-state index is -0.653. The van der Waals surface area contributed by atoms with E-state index < -0.39 is 17.6 Å². The molecular formula is C20H23FN4O2. The number of hydrazone groups is 1. The standard InChI is InChI=1S/C20H23FN4O2/c1-3-25(4-2)16-11-9-15(10-12-16)13-23-24-19(26)14-22-20(27)17-7-5-6-8-18(17)21/h5-13H,3-4,14H2,1-2H3,(H,22,27)(H,24,26)/b23-13+. The van der Waals surface area contributed by atoms with E-state index in [0.717, 1.165) is 24.3 Å². The van der Waals surface area contributed by atoms with Gasteiger partial charge in [0.1, 0.15) is 5.82 Å². The van der Waals surface area contributed by atoms with Crippen LogP contribution in [0.4, 0.5) is 10.1 Å². The van der Waals surface area contributed by atoms with Crippen LogP contribution in [0.3, 0.4) is 0 Å². The highest BCUT2D eigenvalue weighted by Crippen LogP contribution is 2.13. The van der Waals surface area contributed by atoms with Gasteiger partial charge in [0.25, 0.3) is 11.8 Å². The van der Waals surface area contributed by atoms with Crippen LogP contribution in [0.15, 0.2) is 53.6 Å². The summed E-state index contributed by atoms with van der Waals surface area (Å²) in [5.74, 6) is -1.79. The van der Waals surface area contributed by atoms with Crippen LogP contribution >= 0.6 is 0 Å². The molecule has 6 nitrogen and oxygen atoms in total. The number of amides is 2. The molecule has 0 saturated carbocycles. The molecule has 2 aromatic carbocycles. The molecule has 0 heterocycles. The zero-order valence-corrected chi connectivity index (χ0v) is 15.4. The van der Waals surface area contributed by atoms with Crippen LogP contribution in [0.1, 0.15) is 29.8 Å². The fourth-order valence-electron chi connectivity index (χ4n) is 2.48. The molecule has 0 saturated heterocycles. The van der Waals surface area contributed by atoms with E-state index >= 15 is 0 Å². The first kappa shape index (κ1) is 20.1. The van der Waals surface area contributed by atoms with Crippen molar-refractivity contribution in [3.05, 3.63) is 65.5 Å². The smallest absolute Gasteiger partial charge is 0.259 e. The number of hydrogen-bond acceptors (Lipinski definition) is 4. The van der Waals surface area contributed by atoms with Gasteiger partial charge in [0.2, 0.25) is 0 Å². The summed E-state index contributed by atoms with van der Waals surface area (Å²) < 4.78 is 13.5. The number of benzene rings is 2. The largest absolute Gasteiger partial charge is 0.372 e. The van der Waals surface area contributed by atoms with Gasteiger partial charge in [-0.3, -0.25) is 9.59 Å². The van der Waals surface area contributed by atoms with Gasteiger partial charge in [-0.2, -0.15) is 5.10 Å². The molecule has 27 heavy (non-hydrogen) atoms. The molecule has 0 spiro atoms. The van der Waals surface area contributed by atoms with Crippen molar-refractivity contribution in [2.75, 3.05) is 24.5 Å². The number of carbonyl (C=O) groups is 2. The second kappa shape index (κ2) is 10.1. The quantitative estimate of drug-likeness (QED) is 0.554. The number of anilines is 1. The minimum Gasteiger partial charge on any atom is -0.372 e. The van der Waals surface area contributed by atoms with Gasteiger partial charge in [-0.05, 0) is 43.7 Å². The Bertz CT molecular complexity index is 802. The van der Waals surface area contributed by atoms with Crippen LogP contribution in [0, 0.1) is 5.82 Å².